The van der Waals surface area contributed by atoms with Gasteiger partial charge in [0, 0.05) is 12.1 Å². The molecule has 0 saturated heterocycles. The fourth-order valence-corrected chi connectivity index (χ4v) is 6.16. The maximum atomic E-state index is 14.1. The molecule has 0 unspecified atom stereocenters. The number of methoxy groups -OCH3 is 1. The second-order valence-electron chi connectivity index (χ2n) is 10.6. The van der Waals surface area contributed by atoms with Crippen molar-refractivity contribution in [2.24, 2.45) is 4.99 Å². The molecular weight excluding hydrogens is 654 g/mol. The Hall–Kier alpha value is -5.76. The molecule has 1 atom stereocenters. The van der Waals surface area contributed by atoms with Crippen molar-refractivity contribution in [3.05, 3.63) is 124 Å². The highest BCUT2D eigenvalue weighted by Gasteiger charge is 2.34. The summed E-state index contributed by atoms with van der Waals surface area (Å²) in [6.45, 7) is 5.46. The molecule has 0 radical (unpaired) electrons. The Morgan fingerprint density at radius 1 is 1.00 bits per heavy atom. The lowest BCUT2D eigenvalue weighted by molar-refractivity contribution is -0.384. The van der Waals surface area contributed by atoms with Crippen LogP contribution in [0.3, 0.4) is 0 Å². The molecule has 5 rings (SSSR count). The first kappa shape index (κ1) is 34.6. The normalized spacial score (nSPS) is 14.0. The molecule has 0 bridgehead atoms. The van der Waals surface area contributed by atoms with E-state index in [2.05, 4.69) is 9.73 Å². The van der Waals surface area contributed by atoms with Crippen LogP contribution in [0.25, 0.3) is 6.08 Å². The number of thiazole rings is 1. The summed E-state index contributed by atoms with van der Waals surface area (Å²) in [5.74, 6) is -0.0312. The number of allylic oxidation sites excluding steroid dienone is 1. The highest BCUT2D eigenvalue weighted by Crippen LogP contribution is 2.36. The van der Waals surface area contributed by atoms with E-state index in [9.17, 15) is 24.5 Å². The number of rotatable bonds is 13. The van der Waals surface area contributed by atoms with Crippen LogP contribution in [-0.4, -0.2) is 48.4 Å². The number of nitrogens with zero attached hydrogens (tertiary/aromatic N) is 3. The summed E-state index contributed by atoms with van der Waals surface area (Å²) in [7, 11) is 1.26. The third kappa shape index (κ3) is 7.87. The van der Waals surface area contributed by atoms with Crippen LogP contribution in [0.2, 0.25) is 0 Å². The molecular formula is C35H33N3O10S. The van der Waals surface area contributed by atoms with E-state index in [1.807, 2.05) is 6.07 Å². The molecule has 0 amide bonds. The van der Waals surface area contributed by atoms with Crippen LogP contribution in [0.5, 0.6) is 17.2 Å². The third-order valence-corrected chi connectivity index (χ3v) is 8.37. The summed E-state index contributed by atoms with van der Waals surface area (Å²) in [6.07, 6.45) is 1.72. The Labute approximate surface area is 284 Å². The second-order valence-corrected chi connectivity index (χ2v) is 11.6. The summed E-state index contributed by atoms with van der Waals surface area (Å²) >= 11 is 1.18. The monoisotopic (exact) mass is 687 g/mol. The van der Waals surface area contributed by atoms with Crippen LogP contribution in [0.1, 0.15) is 43.5 Å². The topological polar surface area (TPSA) is 158 Å². The number of nitro benzene ring substituents is 1. The van der Waals surface area contributed by atoms with Crippen LogP contribution in [0.4, 0.5) is 5.69 Å². The molecule has 0 aliphatic carbocycles. The minimum atomic E-state index is -0.900. The number of esters is 2. The van der Waals surface area contributed by atoms with E-state index in [0.717, 1.165) is 5.56 Å². The Balaban J connectivity index is 1.52. The lowest BCUT2D eigenvalue weighted by Gasteiger charge is -2.25. The van der Waals surface area contributed by atoms with Crippen molar-refractivity contribution in [2.75, 3.05) is 26.9 Å². The molecule has 13 nitrogen and oxygen atoms in total. The van der Waals surface area contributed by atoms with Crippen LogP contribution in [0, 0.1) is 10.1 Å². The van der Waals surface area contributed by atoms with Crippen molar-refractivity contribution in [3.8, 4) is 17.2 Å². The minimum absolute atomic E-state index is 0.00424. The van der Waals surface area contributed by atoms with E-state index in [-0.39, 0.29) is 49.0 Å². The summed E-state index contributed by atoms with van der Waals surface area (Å²) in [5, 5.41) is 10.9. The van der Waals surface area contributed by atoms with Gasteiger partial charge in [-0.1, -0.05) is 29.5 Å². The van der Waals surface area contributed by atoms with Crippen molar-refractivity contribution >= 4 is 35.0 Å². The number of aromatic nitrogens is 1. The predicted octanol–water partition coefficient (Wildman–Crippen LogP) is 4.24. The van der Waals surface area contributed by atoms with Crippen molar-refractivity contribution in [3.63, 3.8) is 0 Å². The standard InChI is InChI=1S/C35H33N3O10S/c1-5-45-28-18-24(12-15-27(28)48-20-30(39)44-4)32-31(34(41)46-6-2)21(3)36-35-37(32)33(40)29(49-35)17-23-8-7-9-26(16-23)47-19-22-10-13-25(14-11-22)38(42)43/h7-18,32H,5-6,19-20H2,1-4H3/b29-17+/t32-/m1/s1. The van der Waals surface area contributed by atoms with Gasteiger partial charge in [0.2, 0.25) is 0 Å². The van der Waals surface area contributed by atoms with Crippen LogP contribution in [0.15, 0.2) is 87.8 Å². The molecule has 0 fully saturated rings. The van der Waals surface area contributed by atoms with Gasteiger partial charge in [-0.2, -0.15) is 0 Å². The van der Waals surface area contributed by atoms with Gasteiger partial charge in [-0.25, -0.2) is 14.6 Å². The van der Waals surface area contributed by atoms with Gasteiger partial charge in [-0.05, 0) is 79.9 Å². The second kappa shape index (κ2) is 15.4. The summed E-state index contributed by atoms with van der Waals surface area (Å²) < 4.78 is 29.3. The maximum absolute atomic E-state index is 14.1. The third-order valence-electron chi connectivity index (χ3n) is 7.38. The minimum Gasteiger partial charge on any atom is -0.490 e. The summed E-state index contributed by atoms with van der Waals surface area (Å²) in [5.41, 5.74) is 2.22. The first-order valence-electron chi connectivity index (χ1n) is 15.3. The number of hydrogen-bond acceptors (Lipinski definition) is 12. The van der Waals surface area contributed by atoms with Crippen molar-refractivity contribution in [1.29, 1.82) is 0 Å². The smallest absolute Gasteiger partial charge is 0.343 e. The number of carbonyl (C=O) groups is 2. The number of non-ortho nitro benzene ring substituents is 1. The van der Waals surface area contributed by atoms with Crippen LogP contribution in [-0.2, 0) is 25.7 Å². The molecule has 1 aliphatic rings. The average molecular weight is 688 g/mol. The zero-order chi connectivity index (χ0) is 35.1. The molecule has 3 aromatic carbocycles. The molecule has 14 heteroatoms. The molecule has 1 aromatic heterocycles. The van der Waals surface area contributed by atoms with Crippen LogP contribution < -0.4 is 29.1 Å². The molecule has 1 aliphatic heterocycles. The summed E-state index contributed by atoms with van der Waals surface area (Å²) in [4.78, 5) is 54.7. The number of fused-ring (bicyclic) bond motifs is 1. The lowest BCUT2D eigenvalue weighted by atomic mass is 9.95. The SMILES string of the molecule is CCOC(=O)C1=C(C)N=c2s/c(=C/c3cccc(OCc4ccc([N+](=O)[O-])cc4)c3)c(=O)n2[C@@H]1c1ccc(OCC(=O)OC)c(OCC)c1. The molecule has 4 aromatic rings. The van der Waals surface area contributed by atoms with E-state index in [1.165, 1.54) is 35.1 Å². The zero-order valence-corrected chi connectivity index (χ0v) is 28.0. The highest BCUT2D eigenvalue weighted by molar-refractivity contribution is 7.07. The van der Waals surface area contributed by atoms with Crippen LogP contribution >= 0.6 is 11.3 Å². The van der Waals surface area contributed by atoms with E-state index in [0.29, 0.717) is 37.7 Å². The van der Waals surface area contributed by atoms with Gasteiger partial charge < -0.3 is 23.7 Å². The Bertz CT molecular complexity index is 2100. The van der Waals surface area contributed by atoms with Gasteiger partial charge >= 0.3 is 11.9 Å². The number of nitro groups is 1. The largest absolute Gasteiger partial charge is 0.490 e. The number of hydrogen-bond donors (Lipinski definition) is 0. The fourth-order valence-electron chi connectivity index (χ4n) is 5.11. The lowest BCUT2D eigenvalue weighted by Crippen LogP contribution is -2.40. The number of benzene rings is 3. The van der Waals surface area contributed by atoms with Crippen molar-refractivity contribution in [1.82, 2.24) is 4.57 Å². The van der Waals surface area contributed by atoms with Gasteiger partial charge in [-0.3, -0.25) is 19.5 Å². The molecule has 2 heterocycles. The van der Waals surface area contributed by atoms with E-state index >= 15 is 0 Å². The maximum Gasteiger partial charge on any atom is 0.343 e. The quantitative estimate of drug-likeness (QED) is 0.113. The molecule has 49 heavy (non-hydrogen) atoms. The molecule has 254 valence electrons. The molecule has 0 saturated carbocycles. The Morgan fingerprint density at radius 3 is 2.47 bits per heavy atom. The fraction of sp³-hybridized carbons (Fsp3) is 0.257. The first-order chi connectivity index (χ1) is 23.6. The molecule has 0 spiro atoms. The van der Waals surface area contributed by atoms with E-state index in [1.54, 1.807) is 75.4 Å². The first-order valence-corrected chi connectivity index (χ1v) is 16.1. The van der Waals surface area contributed by atoms with E-state index in [4.69, 9.17) is 18.9 Å². The molecule has 0 N–H and O–H groups in total. The summed E-state index contributed by atoms with van der Waals surface area (Å²) in [6, 6.07) is 17.3. The Kier molecular flexibility index (Phi) is 10.9. The number of ether oxygens (including phenoxy) is 5. The van der Waals surface area contributed by atoms with Crippen molar-refractivity contribution in [2.45, 2.75) is 33.4 Å². The van der Waals surface area contributed by atoms with Gasteiger partial charge in [-0.15, -0.1) is 0 Å². The van der Waals surface area contributed by atoms with E-state index < -0.39 is 22.9 Å². The zero-order valence-electron chi connectivity index (χ0n) is 27.2. The van der Waals surface area contributed by atoms with Crippen molar-refractivity contribution < 1.29 is 38.2 Å². The number of carbonyl (C=O) groups excluding carboxylic acids is 2. The van der Waals surface area contributed by atoms with Gasteiger partial charge in [0.25, 0.3) is 11.2 Å². The highest BCUT2D eigenvalue weighted by atomic mass is 32.1. The average Bonchev–Trinajstić information content (AvgIpc) is 3.39. The van der Waals surface area contributed by atoms with Gasteiger partial charge in [0.15, 0.2) is 22.9 Å². The predicted molar refractivity (Wildman–Crippen MR) is 179 cm³/mol. The van der Waals surface area contributed by atoms with Gasteiger partial charge in [0.05, 0.1) is 47.1 Å². The van der Waals surface area contributed by atoms with Gasteiger partial charge in [0.1, 0.15) is 12.4 Å². The Morgan fingerprint density at radius 2 is 1.78 bits per heavy atom.